The number of anilines is 1. The zero-order chi connectivity index (χ0) is 21.8. The molecule has 2 heterocycles. The van der Waals surface area contributed by atoms with Gasteiger partial charge in [0, 0.05) is 45.8 Å². The fourth-order valence-corrected chi connectivity index (χ4v) is 5.88. The standard InChI is InChI=1S/C28H37N3O/c32-27-21-25-13-8-14-26(24-11-6-1-2-7-12-24)28(25)31(27)20-19-29-15-17-30(18-16-29)22-23-9-4-3-5-10-23/h3-5,8-10,13-14,24H,1-2,6-7,11-12,15-22H2. The molecule has 4 heteroatoms. The lowest BCUT2D eigenvalue weighted by Gasteiger charge is -2.35. The summed E-state index contributed by atoms with van der Waals surface area (Å²) in [6.07, 6.45) is 8.53. The van der Waals surface area contributed by atoms with Crippen molar-refractivity contribution >= 4 is 11.6 Å². The summed E-state index contributed by atoms with van der Waals surface area (Å²) >= 11 is 0. The van der Waals surface area contributed by atoms with E-state index in [1.807, 2.05) is 0 Å². The van der Waals surface area contributed by atoms with Gasteiger partial charge in [-0.1, -0.05) is 74.2 Å². The normalized spacial score (nSPS) is 21.0. The Hall–Kier alpha value is -2.17. The van der Waals surface area contributed by atoms with E-state index in [4.69, 9.17) is 0 Å². The molecule has 0 atom stereocenters. The molecule has 32 heavy (non-hydrogen) atoms. The number of nitrogens with zero attached hydrogens (tertiary/aromatic N) is 3. The fourth-order valence-electron chi connectivity index (χ4n) is 5.88. The number of hydrogen-bond donors (Lipinski definition) is 0. The first-order valence-corrected chi connectivity index (χ1v) is 12.7. The van der Waals surface area contributed by atoms with E-state index >= 15 is 0 Å². The van der Waals surface area contributed by atoms with E-state index in [0.29, 0.717) is 18.2 Å². The summed E-state index contributed by atoms with van der Waals surface area (Å²) in [5, 5.41) is 0. The molecule has 0 radical (unpaired) electrons. The van der Waals surface area contributed by atoms with Crippen LogP contribution in [0.1, 0.15) is 61.1 Å². The van der Waals surface area contributed by atoms with Crippen molar-refractivity contribution in [1.29, 1.82) is 0 Å². The number of rotatable bonds is 6. The smallest absolute Gasteiger partial charge is 0.231 e. The molecule has 0 spiro atoms. The van der Waals surface area contributed by atoms with Crippen molar-refractivity contribution in [2.45, 2.75) is 57.4 Å². The lowest BCUT2D eigenvalue weighted by Crippen LogP contribution is -2.48. The summed E-state index contributed by atoms with van der Waals surface area (Å²) in [5.74, 6) is 0.922. The number of para-hydroxylation sites is 1. The quantitative estimate of drug-likeness (QED) is 0.613. The van der Waals surface area contributed by atoms with E-state index in [0.717, 1.165) is 45.8 Å². The second-order valence-electron chi connectivity index (χ2n) is 9.87. The lowest BCUT2D eigenvalue weighted by molar-refractivity contribution is -0.117. The molecule has 2 fully saturated rings. The van der Waals surface area contributed by atoms with Crippen molar-refractivity contribution in [3.63, 3.8) is 0 Å². The average Bonchev–Trinajstić information content (AvgIpc) is 2.98. The highest BCUT2D eigenvalue weighted by atomic mass is 16.2. The van der Waals surface area contributed by atoms with Crippen LogP contribution in [0.25, 0.3) is 0 Å². The Kier molecular flexibility index (Phi) is 6.89. The fraction of sp³-hybridized carbons (Fsp3) is 0.536. The van der Waals surface area contributed by atoms with Gasteiger partial charge in [-0.15, -0.1) is 0 Å². The molecule has 0 N–H and O–H groups in total. The Morgan fingerprint density at radius 3 is 2.22 bits per heavy atom. The van der Waals surface area contributed by atoms with Crippen LogP contribution in [0.2, 0.25) is 0 Å². The minimum Gasteiger partial charge on any atom is -0.310 e. The summed E-state index contributed by atoms with van der Waals surface area (Å²) in [7, 11) is 0. The van der Waals surface area contributed by atoms with Gasteiger partial charge >= 0.3 is 0 Å². The van der Waals surface area contributed by atoms with Crippen LogP contribution in [0.15, 0.2) is 48.5 Å². The largest absolute Gasteiger partial charge is 0.310 e. The molecule has 0 aromatic heterocycles. The van der Waals surface area contributed by atoms with Gasteiger partial charge in [-0.3, -0.25) is 14.6 Å². The van der Waals surface area contributed by atoms with Crippen molar-refractivity contribution in [1.82, 2.24) is 9.80 Å². The molecule has 0 bridgehead atoms. The number of carbonyl (C=O) groups is 1. The van der Waals surface area contributed by atoms with E-state index in [1.54, 1.807) is 0 Å². The zero-order valence-corrected chi connectivity index (χ0v) is 19.3. The highest BCUT2D eigenvalue weighted by Crippen LogP contribution is 2.41. The van der Waals surface area contributed by atoms with Crippen molar-refractivity contribution in [2.24, 2.45) is 0 Å². The van der Waals surface area contributed by atoms with E-state index in [1.165, 1.54) is 60.9 Å². The van der Waals surface area contributed by atoms with Crippen molar-refractivity contribution in [3.8, 4) is 0 Å². The highest BCUT2D eigenvalue weighted by Gasteiger charge is 2.32. The first-order valence-electron chi connectivity index (χ1n) is 12.7. The summed E-state index contributed by atoms with van der Waals surface area (Å²) in [6, 6.07) is 17.4. The van der Waals surface area contributed by atoms with Crippen LogP contribution in [0.5, 0.6) is 0 Å². The third kappa shape index (κ3) is 4.92. The molecule has 5 rings (SSSR count). The number of amides is 1. The third-order valence-corrected chi connectivity index (χ3v) is 7.71. The topological polar surface area (TPSA) is 26.8 Å². The minimum absolute atomic E-state index is 0.295. The number of benzene rings is 2. The van der Waals surface area contributed by atoms with Gasteiger partial charge in [0.25, 0.3) is 0 Å². The molecule has 1 saturated carbocycles. The lowest BCUT2D eigenvalue weighted by atomic mass is 9.89. The van der Waals surface area contributed by atoms with Crippen LogP contribution in [0, 0.1) is 0 Å². The van der Waals surface area contributed by atoms with Crippen LogP contribution in [0.4, 0.5) is 5.69 Å². The number of fused-ring (bicyclic) bond motifs is 1. The first kappa shape index (κ1) is 21.7. The molecule has 2 aliphatic heterocycles. The SMILES string of the molecule is O=C1Cc2cccc(C3CCCCCC3)c2N1CCN1CCN(Cc2ccccc2)CC1. The van der Waals surface area contributed by atoms with E-state index in [2.05, 4.69) is 63.2 Å². The van der Waals surface area contributed by atoms with Gasteiger partial charge in [0.15, 0.2) is 0 Å². The third-order valence-electron chi connectivity index (χ3n) is 7.71. The number of hydrogen-bond acceptors (Lipinski definition) is 3. The molecule has 1 amide bonds. The molecular formula is C28H37N3O. The molecule has 170 valence electrons. The predicted molar refractivity (Wildman–Crippen MR) is 131 cm³/mol. The van der Waals surface area contributed by atoms with Gasteiger partial charge in [-0.2, -0.15) is 0 Å². The first-order chi connectivity index (χ1) is 15.8. The molecule has 2 aromatic rings. The molecule has 4 nitrogen and oxygen atoms in total. The van der Waals surface area contributed by atoms with E-state index < -0.39 is 0 Å². The number of piperazine rings is 1. The van der Waals surface area contributed by atoms with Gasteiger partial charge in [-0.25, -0.2) is 0 Å². The maximum absolute atomic E-state index is 13.0. The van der Waals surface area contributed by atoms with Crippen molar-refractivity contribution in [3.05, 3.63) is 65.2 Å². The maximum atomic E-state index is 13.0. The minimum atomic E-state index is 0.295. The Balaban J connectivity index is 1.20. The van der Waals surface area contributed by atoms with Crippen LogP contribution in [-0.2, 0) is 17.8 Å². The van der Waals surface area contributed by atoms with Gasteiger partial charge in [0.1, 0.15) is 0 Å². The van der Waals surface area contributed by atoms with E-state index in [-0.39, 0.29) is 0 Å². The van der Waals surface area contributed by atoms with Crippen LogP contribution >= 0.6 is 0 Å². The summed E-state index contributed by atoms with van der Waals surface area (Å²) in [6.45, 7) is 7.23. The molecular weight excluding hydrogens is 394 g/mol. The van der Waals surface area contributed by atoms with Crippen LogP contribution < -0.4 is 4.90 Å². The van der Waals surface area contributed by atoms with Gasteiger partial charge < -0.3 is 4.90 Å². The zero-order valence-electron chi connectivity index (χ0n) is 19.3. The highest BCUT2D eigenvalue weighted by molar-refractivity contribution is 6.02. The van der Waals surface area contributed by atoms with Gasteiger partial charge in [0.2, 0.25) is 5.91 Å². The summed E-state index contributed by atoms with van der Waals surface area (Å²) < 4.78 is 0. The second-order valence-corrected chi connectivity index (χ2v) is 9.87. The Morgan fingerprint density at radius 1 is 0.750 bits per heavy atom. The molecule has 1 saturated heterocycles. The predicted octanol–water partition coefficient (Wildman–Crippen LogP) is 4.83. The summed E-state index contributed by atoms with van der Waals surface area (Å²) in [4.78, 5) is 20.2. The van der Waals surface area contributed by atoms with Crippen molar-refractivity contribution in [2.75, 3.05) is 44.2 Å². The Bertz CT molecular complexity index is 896. The summed E-state index contributed by atoms with van der Waals surface area (Å²) in [5.41, 5.74) is 5.37. The molecule has 2 aromatic carbocycles. The van der Waals surface area contributed by atoms with Gasteiger partial charge in [-0.05, 0) is 35.4 Å². The van der Waals surface area contributed by atoms with Crippen molar-refractivity contribution < 1.29 is 4.79 Å². The monoisotopic (exact) mass is 431 g/mol. The average molecular weight is 432 g/mol. The second kappa shape index (κ2) is 10.2. The van der Waals surface area contributed by atoms with Gasteiger partial charge in [0.05, 0.1) is 12.1 Å². The molecule has 1 aliphatic carbocycles. The molecule has 0 unspecified atom stereocenters. The van der Waals surface area contributed by atoms with Crippen LogP contribution in [-0.4, -0.2) is 55.0 Å². The molecule has 3 aliphatic rings. The van der Waals surface area contributed by atoms with E-state index in [9.17, 15) is 4.79 Å². The number of carbonyl (C=O) groups excluding carboxylic acids is 1. The maximum Gasteiger partial charge on any atom is 0.231 e. The van der Waals surface area contributed by atoms with Crippen LogP contribution in [0.3, 0.4) is 0 Å². The Morgan fingerprint density at radius 2 is 1.47 bits per heavy atom. The Labute approximate surface area is 193 Å².